The fourth-order valence-electron chi connectivity index (χ4n) is 4.24. The third-order valence-electron chi connectivity index (χ3n) is 5.64. The van der Waals surface area contributed by atoms with E-state index in [1.54, 1.807) is 19.0 Å². The average Bonchev–Trinajstić information content (AvgIpc) is 3.07. The summed E-state index contributed by atoms with van der Waals surface area (Å²) in [6, 6.07) is 2.21. The molecule has 8 nitrogen and oxygen atoms in total. The fourth-order valence-corrected chi connectivity index (χ4v) is 6.87. The molecule has 0 bridgehead atoms. The highest BCUT2D eigenvalue weighted by atomic mass is 35.5. The summed E-state index contributed by atoms with van der Waals surface area (Å²) < 4.78 is 56.4. The van der Waals surface area contributed by atoms with Gasteiger partial charge in [-0.25, -0.2) is 26.9 Å². The standard InChI is InChI=1S/C23H33F2N5O3S2.ClH/c1-13(2)12-35(32,33)29-16-7-5-15(6-8-16)27-23-28-22(26)21(34-23)20(31)19-17(24)9-14(10-18(19)25)11-30(3)4;/h9-10,13,15-16,29H,5-8,11-12,26H2,1-4H3,(H,27,28);1H. The molecule has 0 unspecified atom stereocenters. The van der Waals surface area contributed by atoms with Crippen LogP contribution >= 0.6 is 23.7 Å². The first kappa shape index (κ1) is 30.4. The van der Waals surface area contributed by atoms with Gasteiger partial charge in [-0.05, 0) is 63.4 Å². The molecule has 1 fully saturated rings. The van der Waals surface area contributed by atoms with Gasteiger partial charge in [-0.3, -0.25) is 4.79 Å². The molecule has 0 aliphatic heterocycles. The van der Waals surface area contributed by atoms with Gasteiger partial charge in [0.25, 0.3) is 0 Å². The number of carbonyl (C=O) groups is 1. The number of halogens is 3. The van der Waals surface area contributed by atoms with Gasteiger partial charge in [-0.15, -0.1) is 12.4 Å². The normalized spacial score (nSPS) is 18.3. The number of nitrogens with one attached hydrogen (secondary N) is 2. The predicted molar refractivity (Wildman–Crippen MR) is 142 cm³/mol. The maximum Gasteiger partial charge on any atom is 0.212 e. The lowest BCUT2D eigenvalue weighted by molar-refractivity contribution is 0.103. The molecule has 36 heavy (non-hydrogen) atoms. The summed E-state index contributed by atoms with van der Waals surface area (Å²) in [5.41, 5.74) is 5.69. The molecule has 4 N–H and O–H groups in total. The Labute approximate surface area is 221 Å². The second-order valence-corrected chi connectivity index (χ2v) is 12.5. The van der Waals surface area contributed by atoms with Crippen LogP contribution in [0.2, 0.25) is 0 Å². The smallest absolute Gasteiger partial charge is 0.212 e. The summed E-state index contributed by atoms with van der Waals surface area (Å²) in [6.45, 7) is 4.06. The number of sulfonamides is 1. The number of benzene rings is 1. The summed E-state index contributed by atoms with van der Waals surface area (Å²) in [6.07, 6.45) is 2.73. The van der Waals surface area contributed by atoms with E-state index in [0.29, 0.717) is 42.9 Å². The minimum absolute atomic E-state index is 0. The number of anilines is 2. The zero-order valence-corrected chi connectivity index (χ0v) is 23.3. The Balaban J connectivity index is 0.00000456. The molecule has 0 atom stereocenters. The molecular weight excluding hydrogens is 532 g/mol. The van der Waals surface area contributed by atoms with Crippen LogP contribution in [0.25, 0.3) is 0 Å². The van der Waals surface area contributed by atoms with Crippen LogP contribution in [0.15, 0.2) is 12.1 Å². The van der Waals surface area contributed by atoms with Gasteiger partial charge in [0.15, 0.2) is 5.13 Å². The highest BCUT2D eigenvalue weighted by molar-refractivity contribution is 7.89. The lowest BCUT2D eigenvalue weighted by atomic mass is 9.92. The third-order valence-corrected chi connectivity index (χ3v) is 8.44. The van der Waals surface area contributed by atoms with Crippen LogP contribution in [-0.2, 0) is 16.6 Å². The van der Waals surface area contributed by atoms with Crippen LogP contribution in [0.3, 0.4) is 0 Å². The van der Waals surface area contributed by atoms with Crippen molar-refractivity contribution in [1.29, 1.82) is 0 Å². The van der Waals surface area contributed by atoms with Crippen molar-refractivity contribution in [2.75, 3.05) is 30.9 Å². The minimum Gasteiger partial charge on any atom is -0.382 e. The number of hydrogen-bond donors (Lipinski definition) is 3. The van der Waals surface area contributed by atoms with E-state index < -0.39 is 33.0 Å². The monoisotopic (exact) mass is 565 g/mol. The number of aromatic nitrogens is 1. The third kappa shape index (κ3) is 8.07. The molecule has 1 aromatic carbocycles. The van der Waals surface area contributed by atoms with E-state index in [0.717, 1.165) is 23.5 Å². The van der Waals surface area contributed by atoms with Gasteiger partial charge < -0.3 is 16.0 Å². The number of nitrogen functional groups attached to an aromatic ring is 1. The SMILES string of the molecule is CC(C)CS(=O)(=O)NC1CCC(Nc2nc(N)c(C(=O)c3c(F)cc(CN(C)C)cc3F)s2)CC1.Cl. The van der Waals surface area contributed by atoms with Gasteiger partial charge in [0.05, 0.1) is 11.3 Å². The van der Waals surface area contributed by atoms with Crippen LogP contribution in [0.1, 0.15) is 60.3 Å². The Morgan fingerprint density at radius 2 is 1.72 bits per heavy atom. The number of carbonyl (C=O) groups excluding carboxylic acids is 1. The van der Waals surface area contributed by atoms with Crippen LogP contribution in [0.4, 0.5) is 19.7 Å². The molecule has 0 spiro atoms. The number of hydrogen-bond acceptors (Lipinski definition) is 8. The number of nitrogens with two attached hydrogens (primary N) is 1. The summed E-state index contributed by atoms with van der Waals surface area (Å²) in [7, 11) is 0.245. The molecule has 202 valence electrons. The van der Waals surface area contributed by atoms with E-state index >= 15 is 0 Å². The summed E-state index contributed by atoms with van der Waals surface area (Å²) >= 11 is 0.956. The van der Waals surface area contributed by atoms with E-state index in [2.05, 4.69) is 15.0 Å². The van der Waals surface area contributed by atoms with Crippen molar-refractivity contribution in [3.63, 3.8) is 0 Å². The van der Waals surface area contributed by atoms with Gasteiger partial charge >= 0.3 is 0 Å². The zero-order valence-electron chi connectivity index (χ0n) is 20.8. The zero-order chi connectivity index (χ0) is 25.9. The number of rotatable bonds is 10. The van der Waals surface area contributed by atoms with Crippen molar-refractivity contribution < 1.29 is 22.0 Å². The molecule has 1 aliphatic carbocycles. The Bertz CT molecular complexity index is 1140. The number of thiazole rings is 1. The topological polar surface area (TPSA) is 117 Å². The number of ketones is 1. The van der Waals surface area contributed by atoms with Gasteiger partial charge in [0, 0.05) is 18.6 Å². The van der Waals surface area contributed by atoms with Crippen LogP contribution in [0.5, 0.6) is 0 Å². The Hall–Kier alpha value is -1.86. The largest absolute Gasteiger partial charge is 0.382 e. The fraction of sp³-hybridized carbons (Fsp3) is 0.565. The Kier molecular flexibility index (Phi) is 10.6. The van der Waals surface area contributed by atoms with E-state index in [1.807, 2.05) is 13.8 Å². The van der Waals surface area contributed by atoms with E-state index in [9.17, 15) is 22.0 Å². The van der Waals surface area contributed by atoms with Crippen LogP contribution in [-0.4, -0.2) is 56.0 Å². The molecule has 1 heterocycles. The molecule has 1 aromatic heterocycles. The molecule has 2 aromatic rings. The van der Waals surface area contributed by atoms with Gasteiger partial charge in [0.1, 0.15) is 22.3 Å². The van der Waals surface area contributed by atoms with Gasteiger partial charge in [-0.2, -0.15) is 0 Å². The summed E-state index contributed by atoms with van der Waals surface area (Å²) in [4.78, 5) is 18.8. The maximum absolute atomic E-state index is 14.6. The minimum atomic E-state index is -3.31. The van der Waals surface area contributed by atoms with Crippen molar-refractivity contribution >= 4 is 50.5 Å². The lowest BCUT2D eigenvalue weighted by Gasteiger charge is -2.29. The Morgan fingerprint density at radius 3 is 2.25 bits per heavy atom. The molecule has 13 heteroatoms. The van der Waals surface area contributed by atoms with E-state index in [4.69, 9.17) is 5.73 Å². The highest BCUT2D eigenvalue weighted by Gasteiger charge is 2.28. The van der Waals surface area contributed by atoms with Crippen molar-refractivity contribution in [2.45, 2.75) is 58.2 Å². The first-order chi connectivity index (χ1) is 16.3. The number of nitrogens with zero attached hydrogens (tertiary/aromatic N) is 2. The van der Waals surface area contributed by atoms with Crippen molar-refractivity contribution in [2.24, 2.45) is 5.92 Å². The van der Waals surface area contributed by atoms with Crippen LogP contribution in [0, 0.1) is 17.6 Å². The second kappa shape index (κ2) is 12.6. The quantitative estimate of drug-likeness (QED) is 0.372. The second-order valence-electron chi connectivity index (χ2n) is 9.72. The highest BCUT2D eigenvalue weighted by Crippen LogP contribution is 2.32. The molecule has 0 amide bonds. The van der Waals surface area contributed by atoms with Crippen molar-refractivity contribution in [3.8, 4) is 0 Å². The van der Waals surface area contributed by atoms with Crippen LogP contribution < -0.4 is 15.8 Å². The summed E-state index contributed by atoms with van der Waals surface area (Å²) in [5, 5.41) is 3.62. The molecular formula is C23H34ClF2N5O3S2. The first-order valence-corrected chi connectivity index (χ1v) is 14.0. The molecule has 0 radical (unpaired) electrons. The van der Waals surface area contributed by atoms with Crippen molar-refractivity contribution in [1.82, 2.24) is 14.6 Å². The van der Waals surface area contributed by atoms with Gasteiger partial charge in [-0.1, -0.05) is 25.2 Å². The lowest BCUT2D eigenvalue weighted by Crippen LogP contribution is -2.41. The first-order valence-electron chi connectivity index (χ1n) is 11.5. The van der Waals surface area contributed by atoms with Gasteiger partial charge in [0.2, 0.25) is 15.8 Å². The Morgan fingerprint density at radius 1 is 1.17 bits per heavy atom. The average molecular weight is 566 g/mol. The molecule has 3 rings (SSSR count). The molecule has 0 saturated heterocycles. The molecule has 1 saturated carbocycles. The van der Waals surface area contributed by atoms with E-state index in [1.165, 1.54) is 0 Å². The van der Waals surface area contributed by atoms with Crippen molar-refractivity contribution in [3.05, 3.63) is 39.8 Å². The van der Waals surface area contributed by atoms with E-state index in [-0.39, 0.29) is 46.9 Å². The maximum atomic E-state index is 14.6. The summed E-state index contributed by atoms with van der Waals surface area (Å²) in [5.74, 6) is -2.66. The molecule has 1 aliphatic rings. The predicted octanol–water partition coefficient (Wildman–Crippen LogP) is 4.02.